The summed E-state index contributed by atoms with van der Waals surface area (Å²) < 4.78 is 17.5. The Morgan fingerprint density at radius 2 is 1.85 bits per heavy atom. The third-order valence-electron chi connectivity index (χ3n) is 6.46. The van der Waals surface area contributed by atoms with Crippen LogP contribution in [-0.4, -0.2) is 41.7 Å². The molecule has 1 amide bonds. The van der Waals surface area contributed by atoms with Crippen LogP contribution in [0, 0.1) is 5.82 Å². The Kier molecular flexibility index (Phi) is 4.78. The lowest BCUT2D eigenvalue weighted by Crippen LogP contribution is -2.39. The molecule has 6 rings (SSSR count). The predicted octanol–water partition coefficient (Wildman–Crippen LogP) is 3.86. The Hall–Kier alpha value is -3.81. The lowest BCUT2D eigenvalue weighted by Gasteiger charge is -2.28. The number of amides is 1. The number of hydrogen-bond donors (Lipinski definition) is 0. The van der Waals surface area contributed by atoms with Crippen molar-refractivity contribution in [2.75, 3.05) is 6.54 Å². The van der Waals surface area contributed by atoms with E-state index in [1.54, 1.807) is 24.7 Å². The van der Waals surface area contributed by atoms with Gasteiger partial charge in [0.2, 0.25) is 0 Å². The number of benzene rings is 2. The molecule has 8 heteroatoms. The first-order chi connectivity index (χ1) is 16.2. The second-order valence-corrected chi connectivity index (χ2v) is 8.70. The molecule has 3 heterocycles. The van der Waals surface area contributed by atoms with Crippen molar-refractivity contribution in [3.05, 3.63) is 89.8 Å². The molecule has 166 valence electrons. The molecule has 4 aromatic rings. The van der Waals surface area contributed by atoms with Crippen molar-refractivity contribution in [1.82, 2.24) is 29.2 Å². The molecule has 1 saturated carbocycles. The molecule has 1 aliphatic heterocycles. The Balaban J connectivity index is 1.24. The SMILES string of the molecule is O=C(c1cncn1Cc1ccccc1-c1ccc(F)cc1)N1CCn2c(nnc2C2CC2)C1. The minimum atomic E-state index is -0.264. The number of carbonyl (C=O) groups excluding carboxylic acids is 1. The van der Waals surface area contributed by atoms with Crippen LogP contribution in [0.4, 0.5) is 4.39 Å². The summed E-state index contributed by atoms with van der Waals surface area (Å²) in [5.41, 5.74) is 3.51. The van der Waals surface area contributed by atoms with Crippen LogP contribution in [0.15, 0.2) is 61.1 Å². The first-order valence-corrected chi connectivity index (χ1v) is 11.2. The van der Waals surface area contributed by atoms with Gasteiger partial charge in [-0.25, -0.2) is 9.37 Å². The molecule has 2 aromatic carbocycles. The van der Waals surface area contributed by atoms with Gasteiger partial charge in [0.05, 0.1) is 19.1 Å². The van der Waals surface area contributed by atoms with Crippen LogP contribution in [-0.2, 0) is 19.6 Å². The molecular weight excluding hydrogens is 419 g/mol. The van der Waals surface area contributed by atoms with Crippen LogP contribution in [0.5, 0.6) is 0 Å². The fourth-order valence-corrected chi connectivity index (χ4v) is 4.54. The van der Waals surface area contributed by atoms with Crippen molar-refractivity contribution in [2.24, 2.45) is 0 Å². The van der Waals surface area contributed by atoms with Gasteiger partial charge >= 0.3 is 0 Å². The standard InChI is InChI=1S/C25H23FN6O/c26-20-9-7-17(8-10-20)21-4-2-1-3-19(21)14-31-16-27-13-22(31)25(33)30-11-12-32-23(15-30)28-29-24(32)18-5-6-18/h1-4,7-10,13,16,18H,5-6,11-12,14-15H2. The number of hydrogen-bond acceptors (Lipinski definition) is 4. The number of fused-ring (bicyclic) bond motifs is 1. The van der Waals surface area contributed by atoms with Crippen molar-refractivity contribution in [2.45, 2.75) is 38.4 Å². The van der Waals surface area contributed by atoms with E-state index in [0.29, 0.717) is 31.2 Å². The van der Waals surface area contributed by atoms with Crippen molar-refractivity contribution in [3.8, 4) is 11.1 Å². The highest BCUT2D eigenvalue weighted by atomic mass is 19.1. The van der Waals surface area contributed by atoms with E-state index in [4.69, 9.17) is 0 Å². The van der Waals surface area contributed by atoms with Crippen LogP contribution in [0.1, 0.15) is 46.5 Å². The highest BCUT2D eigenvalue weighted by molar-refractivity contribution is 5.92. The lowest BCUT2D eigenvalue weighted by molar-refractivity contribution is 0.0696. The average molecular weight is 442 g/mol. The Morgan fingerprint density at radius 1 is 1.03 bits per heavy atom. The Labute approximate surface area is 190 Å². The van der Waals surface area contributed by atoms with E-state index in [0.717, 1.165) is 34.9 Å². The van der Waals surface area contributed by atoms with E-state index in [-0.39, 0.29) is 11.7 Å². The number of imidazole rings is 1. The number of rotatable bonds is 5. The average Bonchev–Trinajstić information content (AvgIpc) is 3.43. The molecule has 1 aliphatic carbocycles. The van der Waals surface area contributed by atoms with E-state index in [9.17, 15) is 9.18 Å². The minimum Gasteiger partial charge on any atom is -0.328 e. The molecular formula is C25H23FN6O. The summed E-state index contributed by atoms with van der Waals surface area (Å²) in [5, 5.41) is 8.71. The van der Waals surface area contributed by atoms with Crippen LogP contribution < -0.4 is 0 Å². The van der Waals surface area contributed by atoms with Gasteiger partial charge in [-0.2, -0.15) is 0 Å². The third-order valence-corrected chi connectivity index (χ3v) is 6.46. The van der Waals surface area contributed by atoms with E-state index in [1.807, 2.05) is 33.7 Å². The fraction of sp³-hybridized carbons (Fsp3) is 0.280. The molecule has 0 atom stereocenters. The van der Waals surface area contributed by atoms with Crippen molar-refractivity contribution in [1.29, 1.82) is 0 Å². The van der Waals surface area contributed by atoms with Gasteiger partial charge in [0, 0.05) is 25.6 Å². The van der Waals surface area contributed by atoms with Gasteiger partial charge in [-0.3, -0.25) is 4.79 Å². The van der Waals surface area contributed by atoms with Gasteiger partial charge < -0.3 is 14.0 Å². The maximum Gasteiger partial charge on any atom is 0.272 e. The van der Waals surface area contributed by atoms with Gasteiger partial charge in [-0.1, -0.05) is 36.4 Å². The van der Waals surface area contributed by atoms with Crippen LogP contribution in [0.2, 0.25) is 0 Å². The maximum atomic E-state index is 13.4. The molecule has 0 N–H and O–H groups in total. The minimum absolute atomic E-state index is 0.0611. The van der Waals surface area contributed by atoms with Crippen LogP contribution in [0.25, 0.3) is 11.1 Å². The van der Waals surface area contributed by atoms with Gasteiger partial charge in [0.1, 0.15) is 17.3 Å². The first-order valence-electron chi connectivity index (χ1n) is 11.2. The summed E-state index contributed by atoms with van der Waals surface area (Å²) in [6.07, 6.45) is 5.67. The van der Waals surface area contributed by atoms with E-state index >= 15 is 0 Å². The number of nitrogens with zero attached hydrogens (tertiary/aromatic N) is 6. The van der Waals surface area contributed by atoms with E-state index in [1.165, 1.54) is 25.0 Å². The van der Waals surface area contributed by atoms with E-state index < -0.39 is 0 Å². The van der Waals surface area contributed by atoms with Crippen molar-refractivity contribution in [3.63, 3.8) is 0 Å². The second kappa shape index (κ2) is 7.95. The largest absolute Gasteiger partial charge is 0.328 e. The normalized spacial score (nSPS) is 15.5. The van der Waals surface area contributed by atoms with Crippen LogP contribution >= 0.6 is 0 Å². The zero-order valence-electron chi connectivity index (χ0n) is 18.1. The molecule has 0 unspecified atom stereocenters. The molecule has 7 nitrogen and oxygen atoms in total. The predicted molar refractivity (Wildman–Crippen MR) is 120 cm³/mol. The third kappa shape index (κ3) is 3.71. The molecule has 0 saturated heterocycles. The number of aromatic nitrogens is 5. The second-order valence-electron chi connectivity index (χ2n) is 8.70. The molecule has 2 aromatic heterocycles. The Morgan fingerprint density at radius 3 is 2.67 bits per heavy atom. The van der Waals surface area contributed by atoms with Gasteiger partial charge in [-0.05, 0) is 41.7 Å². The van der Waals surface area contributed by atoms with E-state index in [2.05, 4.69) is 19.7 Å². The molecule has 2 aliphatic rings. The van der Waals surface area contributed by atoms with Crippen molar-refractivity contribution < 1.29 is 9.18 Å². The number of carbonyl (C=O) groups is 1. The highest BCUT2D eigenvalue weighted by Gasteiger charge is 2.33. The summed E-state index contributed by atoms with van der Waals surface area (Å²) in [7, 11) is 0. The quantitative estimate of drug-likeness (QED) is 0.471. The summed E-state index contributed by atoms with van der Waals surface area (Å²) in [5.74, 6) is 2.13. The molecule has 33 heavy (non-hydrogen) atoms. The maximum absolute atomic E-state index is 13.4. The van der Waals surface area contributed by atoms with Gasteiger partial charge in [0.25, 0.3) is 5.91 Å². The topological polar surface area (TPSA) is 68.8 Å². The summed E-state index contributed by atoms with van der Waals surface area (Å²) in [6, 6.07) is 14.4. The summed E-state index contributed by atoms with van der Waals surface area (Å²) >= 11 is 0. The van der Waals surface area contributed by atoms with Gasteiger partial charge in [0.15, 0.2) is 5.82 Å². The molecule has 0 spiro atoms. The zero-order valence-corrected chi connectivity index (χ0v) is 18.1. The molecule has 1 fully saturated rings. The van der Waals surface area contributed by atoms with Crippen molar-refractivity contribution >= 4 is 5.91 Å². The van der Waals surface area contributed by atoms with Crippen LogP contribution in [0.3, 0.4) is 0 Å². The highest BCUT2D eigenvalue weighted by Crippen LogP contribution is 2.39. The monoisotopic (exact) mass is 442 g/mol. The fourth-order valence-electron chi connectivity index (χ4n) is 4.54. The smallest absolute Gasteiger partial charge is 0.272 e. The summed E-state index contributed by atoms with van der Waals surface area (Å²) in [4.78, 5) is 19.5. The number of halogens is 1. The first kappa shape index (κ1) is 19.8. The summed E-state index contributed by atoms with van der Waals surface area (Å²) in [6.45, 7) is 2.29. The lowest BCUT2D eigenvalue weighted by atomic mass is 9.99. The van der Waals surface area contributed by atoms with Gasteiger partial charge in [-0.15, -0.1) is 10.2 Å². The molecule has 0 bridgehead atoms. The zero-order chi connectivity index (χ0) is 22.4. The molecule has 0 radical (unpaired) electrons. The Bertz CT molecular complexity index is 1320.